The van der Waals surface area contributed by atoms with E-state index in [9.17, 15) is 0 Å². The molecule has 1 aliphatic rings. The molecule has 2 aromatic rings. The molecule has 2 radical (unpaired) electrons. The van der Waals surface area contributed by atoms with Gasteiger partial charge in [0.15, 0.2) is 0 Å². The fraction of sp³-hybridized carbons (Fsp3) is 0.278. The van der Waals surface area contributed by atoms with Crippen molar-refractivity contribution in [2.24, 2.45) is 10.7 Å². The van der Waals surface area contributed by atoms with Gasteiger partial charge in [0.2, 0.25) is 0 Å². The van der Waals surface area contributed by atoms with E-state index >= 15 is 0 Å². The maximum absolute atomic E-state index is 5.94. The van der Waals surface area contributed by atoms with Crippen molar-refractivity contribution < 1.29 is 14.2 Å². The monoisotopic (exact) mass is 322 g/mol. The van der Waals surface area contributed by atoms with E-state index in [2.05, 4.69) is 4.99 Å². The molecule has 1 aliphatic heterocycles. The number of aliphatic imine (C=N–C) groups is 1. The number of nitrogens with two attached hydrogens (primary N) is 1. The van der Waals surface area contributed by atoms with Crippen molar-refractivity contribution in [2.45, 2.75) is 5.54 Å². The van der Waals surface area contributed by atoms with Crippen molar-refractivity contribution in [2.75, 3.05) is 26.9 Å². The van der Waals surface area contributed by atoms with Crippen LogP contribution in [0.1, 0.15) is 11.1 Å². The predicted octanol–water partition coefficient (Wildman–Crippen LogP) is 1.09. The van der Waals surface area contributed by atoms with Crippen LogP contribution in [0.3, 0.4) is 0 Å². The molecule has 6 heteroatoms. The van der Waals surface area contributed by atoms with E-state index in [1.165, 1.54) is 0 Å². The summed E-state index contributed by atoms with van der Waals surface area (Å²) >= 11 is 0. The van der Waals surface area contributed by atoms with Crippen LogP contribution in [0, 0.1) is 0 Å². The first-order chi connectivity index (χ1) is 11.6. The van der Waals surface area contributed by atoms with E-state index in [1.54, 1.807) is 7.11 Å². The number of nitrogens with zero attached hydrogens (tertiary/aromatic N) is 1. The molecule has 3 rings (SSSR count). The molecule has 5 nitrogen and oxygen atoms in total. The molecule has 0 saturated carbocycles. The van der Waals surface area contributed by atoms with Gasteiger partial charge in [-0.05, 0) is 23.3 Å². The SMILES string of the molecule is [B]c1cccc([C@@]2(c3ccc(OCCOC)cc3)COC(N)=N2)c1. The maximum atomic E-state index is 5.94. The van der Waals surface area contributed by atoms with Gasteiger partial charge in [0, 0.05) is 7.11 Å². The topological polar surface area (TPSA) is 66.1 Å². The smallest absolute Gasteiger partial charge is 0.283 e. The van der Waals surface area contributed by atoms with Crippen LogP contribution < -0.4 is 15.9 Å². The van der Waals surface area contributed by atoms with Crippen molar-refractivity contribution in [1.82, 2.24) is 0 Å². The molecule has 0 unspecified atom stereocenters. The zero-order valence-corrected chi connectivity index (χ0v) is 13.6. The maximum Gasteiger partial charge on any atom is 0.283 e. The molecule has 2 N–H and O–H groups in total. The fourth-order valence-electron chi connectivity index (χ4n) is 2.76. The molecule has 24 heavy (non-hydrogen) atoms. The van der Waals surface area contributed by atoms with Crippen molar-refractivity contribution >= 4 is 19.3 Å². The Morgan fingerprint density at radius 2 is 1.96 bits per heavy atom. The second-order valence-corrected chi connectivity index (χ2v) is 5.59. The third-order valence-corrected chi connectivity index (χ3v) is 3.98. The van der Waals surface area contributed by atoms with Gasteiger partial charge in [-0.2, -0.15) is 0 Å². The summed E-state index contributed by atoms with van der Waals surface area (Å²) in [6, 6.07) is 15.5. The Hall–Kier alpha value is -2.47. The molecule has 0 aromatic heterocycles. The van der Waals surface area contributed by atoms with Crippen LogP contribution in [-0.2, 0) is 15.0 Å². The second-order valence-electron chi connectivity index (χ2n) is 5.59. The van der Waals surface area contributed by atoms with E-state index in [1.807, 2.05) is 48.5 Å². The van der Waals surface area contributed by atoms with Crippen molar-refractivity contribution in [3.8, 4) is 5.75 Å². The van der Waals surface area contributed by atoms with Crippen LogP contribution in [0.15, 0.2) is 53.5 Å². The molecular formula is C18H19BN2O3. The van der Waals surface area contributed by atoms with Gasteiger partial charge in [0.1, 0.15) is 32.3 Å². The van der Waals surface area contributed by atoms with Crippen molar-refractivity contribution in [1.29, 1.82) is 0 Å². The van der Waals surface area contributed by atoms with Gasteiger partial charge in [-0.1, -0.05) is 41.9 Å². The Morgan fingerprint density at radius 3 is 2.58 bits per heavy atom. The average molecular weight is 322 g/mol. The molecule has 0 spiro atoms. The summed E-state index contributed by atoms with van der Waals surface area (Å²) < 4.78 is 16.1. The molecule has 0 fully saturated rings. The molecule has 1 atom stereocenters. The minimum atomic E-state index is -0.690. The molecule has 2 aromatic carbocycles. The lowest BCUT2D eigenvalue weighted by Crippen LogP contribution is -2.28. The van der Waals surface area contributed by atoms with Crippen molar-refractivity contribution in [3.05, 3.63) is 59.7 Å². The Morgan fingerprint density at radius 1 is 1.17 bits per heavy atom. The Balaban J connectivity index is 1.93. The van der Waals surface area contributed by atoms with Crippen LogP contribution in [0.25, 0.3) is 0 Å². The first-order valence-electron chi connectivity index (χ1n) is 7.70. The van der Waals surface area contributed by atoms with Gasteiger partial charge in [-0.25, -0.2) is 4.99 Å². The highest BCUT2D eigenvalue weighted by molar-refractivity contribution is 6.32. The minimum absolute atomic E-state index is 0.179. The number of ether oxygens (including phenoxy) is 3. The third-order valence-electron chi connectivity index (χ3n) is 3.98. The van der Waals surface area contributed by atoms with Crippen molar-refractivity contribution in [3.63, 3.8) is 0 Å². The third kappa shape index (κ3) is 3.24. The van der Waals surface area contributed by atoms with E-state index in [-0.39, 0.29) is 6.02 Å². The number of methoxy groups -OCH3 is 1. The Labute approximate surface area is 142 Å². The fourth-order valence-corrected chi connectivity index (χ4v) is 2.76. The lowest BCUT2D eigenvalue weighted by Gasteiger charge is -2.26. The Bertz CT molecular complexity index is 733. The first-order valence-corrected chi connectivity index (χ1v) is 7.70. The molecule has 0 amide bonds. The standard InChI is InChI=1S/C18H19BN2O3/c1-22-9-10-23-16-7-5-13(6-8-16)18(12-24-17(20)21-18)14-3-2-4-15(19)11-14/h2-8,11H,9-10,12H2,1H3,(H2,20,21)/t18-/m0/s1. The van der Waals surface area contributed by atoms with E-state index in [0.29, 0.717) is 25.3 Å². The molecule has 0 bridgehead atoms. The predicted molar refractivity (Wildman–Crippen MR) is 94.0 cm³/mol. The first kappa shape index (κ1) is 16.4. The quantitative estimate of drug-likeness (QED) is 0.639. The van der Waals surface area contributed by atoms with Gasteiger partial charge in [-0.15, -0.1) is 0 Å². The van der Waals surface area contributed by atoms with Gasteiger partial charge < -0.3 is 19.9 Å². The van der Waals surface area contributed by atoms with Gasteiger partial charge >= 0.3 is 0 Å². The lowest BCUT2D eigenvalue weighted by atomic mass is 9.81. The second kappa shape index (κ2) is 6.97. The summed E-state index contributed by atoms with van der Waals surface area (Å²) in [5.41, 5.74) is 7.68. The minimum Gasteiger partial charge on any atom is -0.491 e. The normalized spacial score (nSPS) is 19.6. The summed E-state index contributed by atoms with van der Waals surface area (Å²) in [5, 5.41) is 0. The van der Waals surface area contributed by atoms with Gasteiger partial charge in [0.25, 0.3) is 6.02 Å². The highest BCUT2D eigenvalue weighted by atomic mass is 16.5. The van der Waals surface area contributed by atoms with Crippen LogP contribution in [0.5, 0.6) is 5.75 Å². The number of hydrogen-bond donors (Lipinski definition) is 1. The number of rotatable bonds is 6. The van der Waals surface area contributed by atoms with Crippen LogP contribution in [0.2, 0.25) is 0 Å². The number of benzene rings is 2. The number of hydrogen-bond acceptors (Lipinski definition) is 5. The van der Waals surface area contributed by atoms with Crippen LogP contribution >= 0.6 is 0 Å². The summed E-state index contributed by atoms with van der Waals surface area (Å²) in [4.78, 5) is 4.56. The lowest BCUT2D eigenvalue weighted by molar-refractivity contribution is 0.146. The highest BCUT2D eigenvalue weighted by Gasteiger charge is 2.39. The van der Waals surface area contributed by atoms with Gasteiger partial charge in [0.05, 0.1) is 6.61 Å². The van der Waals surface area contributed by atoms with Crippen LogP contribution in [0.4, 0.5) is 0 Å². The largest absolute Gasteiger partial charge is 0.491 e. The zero-order chi connectivity index (χ0) is 17.0. The molecule has 122 valence electrons. The molecule has 0 aliphatic carbocycles. The van der Waals surface area contributed by atoms with Gasteiger partial charge in [-0.3, -0.25) is 0 Å². The van der Waals surface area contributed by atoms with E-state index < -0.39 is 5.54 Å². The molecule has 0 saturated heterocycles. The summed E-state index contributed by atoms with van der Waals surface area (Å²) in [6.07, 6.45) is 0. The summed E-state index contributed by atoms with van der Waals surface area (Å²) in [5.74, 6) is 0.773. The average Bonchev–Trinajstić information content (AvgIpc) is 2.99. The Kier molecular flexibility index (Phi) is 4.76. The number of amidine groups is 1. The summed E-state index contributed by atoms with van der Waals surface area (Å²) in [6.45, 7) is 1.39. The highest BCUT2D eigenvalue weighted by Crippen LogP contribution is 2.37. The molecule has 1 heterocycles. The van der Waals surface area contributed by atoms with E-state index in [0.717, 1.165) is 16.9 Å². The molecular weight excluding hydrogens is 303 g/mol. The van der Waals surface area contributed by atoms with E-state index in [4.69, 9.17) is 27.8 Å². The zero-order valence-electron chi connectivity index (χ0n) is 13.6. The van der Waals surface area contributed by atoms with Crippen LogP contribution in [-0.4, -0.2) is 40.8 Å². The summed E-state index contributed by atoms with van der Waals surface area (Å²) in [7, 11) is 7.58.